The molecule has 0 aliphatic carbocycles. The minimum Gasteiger partial charge on any atom is -0.328 e. The Labute approximate surface area is 224 Å². The standard InChI is InChI=1S/C28H32N4O4S2/c1-3-4-16-31-26-14-13-23(37(29,33)34)18-25(26)30-28(31)19-27-24-8-6-5-7-21(24)15-17-32(27)38(35,36)22-11-9-20(2)10-12-22/h5-14,18,27H,3-4,15-17,19H2,1-2H3,(H2,29,33,34)/t27-/m0/s1. The van der Waals surface area contributed by atoms with E-state index in [1.807, 2.05) is 37.3 Å². The molecule has 38 heavy (non-hydrogen) atoms. The molecule has 8 nitrogen and oxygen atoms in total. The lowest BCUT2D eigenvalue weighted by Gasteiger charge is -2.36. The van der Waals surface area contributed by atoms with Crippen molar-refractivity contribution in [3.05, 3.63) is 89.2 Å². The molecule has 0 saturated carbocycles. The predicted molar refractivity (Wildman–Crippen MR) is 148 cm³/mol. The summed E-state index contributed by atoms with van der Waals surface area (Å²) in [6.45, 7) is 5.09. The molecule has 0 radical (unpaired) electrons. The maximum Gasteiger partial charge on any atom is 0.243 e. The Morgan fingerprint density at radius 3 is 2.39 bits per heavy atom. The number of aromatic nitrogens is 2. The molecule has 10 heteroatoms. The molecule has 3 aromatic carbocycles. The summed E-state index contributed by atoms with van der Waals surface area (Å²) in [5.41, 5.74) is 4.42. The van der Waals surface area contributed by atoms with E-state index in [0.717, 1.165) is 35.0 Å². The van der Waals surface area contributed by atoms with Gasteiger partial charge >= 0.3 is 0 Å². The first-order chi connectivity index (χ1) is 18.1. The van der Waals surface area contributed by atoms with Crippen molar-refractivity contribution in [2.45, 2.75) is 61.9 Å². The van der Waals surface area contributed by atoms with Gasteiger partial charge in [-0.25, -0.2) is 27.0 Å². The van der Waals surface area contributed by atoms with Crippen LogP contribution in [0.5, 0.6) is 0 Å². The molecule has 1 aromatic heterocycles. The van der Waals surface area contributed by atoms with Gasteiger partial charge in [-0.1, -0.05) is 55.3 Å². The number of nitrogens with two attached hydrogens (primary N) is 1. The van der Waals surface area contributed by atoms with Gasteiger partial charge in [-0.05, 0) is 61.2 Å². The fourth-order valence-electron chi connectivity index (χ4n) is 5.20. The highest BCUT2D eigenvalue weighted by Crippen LogP contribution is 2.37. The number of imidazole rings is 1. The van der Waals surface area contributed by atoms with Crippen LogP contribution in [0.15, 0.2) is 76.5 Å². The van der Waals surface area contributed by atoms with Crippen LogP contribution in [-0.4, -0.2) is 37.2 Å². The number of hydrogen-bond acceptors (Lipinski definition) is 5. The van der Waals surface area contributed by atoms with Gasteiger partial charge in [-0.3, -0.25) is 0 Å². The van der Waals surface area contributed by atoms with Crippen molar-refractivity contribution < 1.29 is 16.8 Å². The van der Waals surface area contributed by atoms with E-state index in [1.54, 1.807) is 22.5 Å². The lowest BCUT2D eigenvalue weighted by atomic mass is 9.92. The summed E-state index contributed by atoms with van der Waals surface area (Å²) >= 11 is 0. The molecule has 2 N–H and O–H groups in total. The molecule has 0 unspecified atom stereocenters. The van der Waals surface area contributed by atoms with E-state index in [2.05, 4.69) is 17.6 Å². The zero-order valence-corrected chi connectivity index (χ0v) is 23.2. The molecule has 4 aromatic rings. The second-order valence-corrected chi connectivity index (χ2v) is 13.3. The normalized spacial score (nSPS) is 16.6. The molecule has 1 aliphatic rings. The third-order valence-corrected chi connectivity index (χ3v) is 10.1. The number of primary sulfonamides is 1. The van der Waals surface area contributed by atoms with Crippen LogP contribution in [0.25, 0.3) is 11.0 Å². The van der Waals surface area contributed by atoms with E-state index in [1.165, 1.54) is 12.1 Å². The number of hydrogen-bond donors (Lipinski definition) is 1. The second-order valence-electron chi connectivity index (χ2n) is 9.83. The van der Waals surface area contributed by atoms with Gasteiger partial charge in [0, 0.05) is 19.5 Å². The fraction of sp³-hybridized carbons (Fsp3) is 0.321. The van der Waals surface area contributed by atoms with Crippen LogP contribution in [0.4, 0.5) is 0 Å². The molecule has 2 heterocycles. The lowest BCUT2D eigenvalue weighted by Crippen LogP contribution is -2.41. The van der Waals surface area contributed by atoms with E-state index in [4.69, 9.17) is 10.1 Å². The van der Waals surface area contributed by atoms with Crippen LogP contribution in [0, 0.1) is 6.92 Å². The molecule has 1 aliphatic heterocycles. The summed E-state index contributed by atoms with van der Waals surface area (Å²) in [4.78, 5) is 5.10. The molecule has 200 valence electrons. The zero-order valence-electron chi connectivity index (χ0n) is 21.5. The molecule has 0 fully saturated rings. The monoisotopic (exact) mass is 552 g/mol. The number of unbranched alkanes of at least 4 members (excludes halogenated alkanes) is 1. The Kier molecular flexibility index (Phi) is 7.17. The SMILES string of the molecule is CCCCn1c(C[C@H]2c3ccccc3CCN2S(=O)(=O)c2ccc(C)cc2)nc2cc(S(N)(=O)=O)ccc21. The molecule has 0 saturated heterocycles. The second kappa shape index (κ2) is 10.3. The van der Waals surface area contributed by atoms with Crippen molar-refractivity contribution in [1.29, 1.82) is 0 Å². The van der Waals surface area contributed by atoms with Crippen LogP contribution in [0.1, 0.15) is 48.3 Å². The Bertz CT molecular complexity index is 1690. The number of rotatable bonds is 8. The quantitative estimate of drug-likeness (QED) is 0.350. The zero-order chi connectivity index (χ0) is 27.1. The molecule has 1 atom stereocenters. The maximum absolute atomic E-state index is 13.9. The first-order valence-corrected chi connectivity index (χ1v) is 15.8. The summed E-state index contributed by atoms with van der Waals surface area (Å²) in [7, 11) is -7.66. The molecular formula is C28H32N4O4S2. The molecule has 5 rings (SSSR count). The van der Waals surface area contributed by atoms with Gasteiger partial charge in [-0.15, -0.1) is 0 Å². The van der Waals surface area contributed by atoms with E-state index in [9.17, 15) is 16.8 Å². The van der Waals surface area contributed by atoms with Gasteiger partial charge in [0.15, 0.2) is 0 Å². The largest absolute Gasteiger partial charge is 0.328 e. The minimum atomic E-state index is -3.88. The Morgan fingerprint density at radius 1 is 0.974 bits per heavy atom. The highest BCUT2D eigenvalue weighted by Gasteiger charge is 2.37. The van der Waals surface area contributed by atoms with Gasteiger partial charge in [0.25, 0.3) is 0 Å². The number of aryl methyl sites for hydroxylation is 2. The number of fused-ring (bicyclic) bond motifs is 2. The van der Waals surface area contributed by atoms with Crippen molar-refractivity contribution >= 4 is 31.1 Å². The van der Waals surface area contributed by atoms with Gasteiger partial charge in [0.05, 0.1) is 26.9 Å². The fourth-order valence-corrected chi connectivity index (χ4v) is 7.34. The molecular weight excluding hydrogens is 520 g/mol. The number of sulfonamides is 2. The highest BCUT2D eigenvalue weighted by molar-refractivity contribution is 7.89. The van der Waals surface area contributed by atoms with Crippen molar-refractivity contribution in [2.24, 2.45) is 5.14 Å². The van der Waals surface area contributed by atoms with Crippen LogP contribution in [-0.2, 0) is 39.4 Å². The lowest BCUT2D eigenvalue weighted by molar-refractivity contribution is 0.300. The first kappa shape index (κ1) is 26.6. The highest BCUT2D eigenvalue weighted by atomic mass is 32.2. The van der Waals surface area contributed by atoms with Gasteiger partial charge < -0.3 is 4.57 Å². The average Bonchev–Trinajstić information content (AvgIpc) is 3.23. The predicted octanol–water partition coefficient (Wildman–Crippen LogP) is 4.32. The van der Waals surface area contributed by atoms with E-state index < -0.39 is 26.1 Å². The first-order valence-electron chi connectivity index (χ1n) is 12.8. The van der Waals surface area contributed by atoms with Crippen LogP contribution in [0.3, 0.4) is 0 Å². The third-order valence-electron chi connectivity index (χ3n) is 7.23. The number of nitrogens with zero attached hydrogens (tertiary/aromatic N) is 3. The van der Waals surface area contributed by atoms with Crippen molar-refractivity contribution in [1.82, 2.24) is 13.9 Å². The van der Waals surface area contributed by atoms with Gasteiger partial charge in [0.2, 0.25) is 20.0 Å². The molecule has 0 bridgehead atoms. The van der Waals surface area contributed by atoms with Crippen LogP contribution in [0.2, 0.25) is 0 Å². The van der Waals surface area contributed by atoms with E-state index in [0.29, 0.717) is 37.3 Å². The van der Waals surface area contributed by atoms with Crippen LogP contribution < -0.4 is 5.14 Å². The minimum absolute atomic E-state index is 0.00304. The van der Waals surface area contributed by atoms with E-state index >= 15 is 0 Å². The molecule has 0 amide bonds. The summed E-state index contributed by atoms with van der Waals surface area (Å²) in [5.74, 6) is 0.714. The maximum atomic E-state index is 13.9. The summed E-state index contributed by atoms with van der Waals surface area (Å²) < 4.78 is 55.4. The smallest absolute Gasteiger partial charge is 0.243 e. The van der Waals surface area contributed by atoms with Crippen molar-refractivity contribution in [3.8, 4) is 0 Å². The Balaban J connectivity index is 1.63. The third kappa shape index (κ3) is 5.01. The summed E-state index contributed by atoms with van der Waals surface area (Å²) in [5, 5.41) is 5.37. The Hall–Kier alpha value is -3.05. The summed E-state index contributed by atoms with van der Waals surface area (Å²) in [6.07, 6.45) is 2.85. The summed E-state index contributed by atoms with van der Waals surface area (Å²) in [6, 6.07) is 19.2. The molecule has 0 spiro atoms. The van der Waals surface area contributed by atoms with Crippen molar-refractivity contribution in [2.75, 3.05) is 6.54 Å². The van der Waals surface area contributed by atoms with Crippen molar-refractivity contribution in [3.63, 3.8) is 0 Å². The average molecular weight is 553 g/mol. The van der Waals surface area contributed by atoms with E-state index in [-0.39, 0.29) is 9.79 Å². The Morgan fingerprint density at radius 2 is 1.68 bits per heavy atom. The van der Waals surface area contributed by atoms with Gasteiger partial charge in [-0.2, -0.15) is 4.31 Å². The topological polar surface area (TPSA) is 115 Å². The van der Waals surface area contributed by atoms with Gasteiger partial charge in [0.1, 0.15) is 5.82 Å². The number of benzene rings is 3. The van der Waals surface area contributed by atoms with Crippen LogP contribution >= 0.6 is 0 Å².